The maximum Gasteiger partial charge on any atom is 0.408 e. The van der Waals surface area contributed by atoms with E-state index in [-0.39, 0.29) is 6.04 Å². The van der Waals surface area contributed by atoms with E-state index < -0.39 is 30.2 Å². The molecule has 0 radical (unpaired) electrons. The standard InChI is InChI=1S/C24H26F3N7O2/c1-15(24(25,26)27)28-22(35)18-7-8-19-21(29-18)34(17-9-11-32(19)14-17)23(36)30-20-10-12-33(31-20)13-16-5-3-2-4-6-16/h2-8,10,12,15,17-18,29H,9,11,13-14H2,1H3,(H,28,35)(H,30,31,36)/t15-,17+,18?/m1/s1. The number of urea groups is 1. The van der Waals surface area contributed by atoms with Crippen molar-refractivity contribution < 1.29 is 22.8 Å². The molecule has 3 aliphatic heterocycles. The molecule has 190 valence electrons. The fourth-order valence-corrected chi connectivity index (χ4v) is 4.60. The molecular formula is C24H26F3N7O2. The number of alkyl halides is 3. The van der Waals surface area contributed by atoms with E-state index in [4.69, 9.17) is 0 Å². The minimum Gasteiger partial charge on any atom is -0.366 e. The Morgan fingerprint density at radius 1 is 1.22 bits per heavy atom. The Morgan fingerprint density at radius 3 is 2.75 bits per heavy atom. The van der Waals surface area contributed by atoms with Crippen LogP contribution in [0.5, 0.6) is 0 Å². The van der Waals surface area contributed by atoms with E-state index in [0.717, 1.165) is 31.1 Å². The van der Waals surface area contributed by atoms with Crippen molar-refractivity contribution in [2.75, 3.05) is 18.4 Å². The van der Waals surface area contributed by atoms with Gasteiger partial charge in [-0.05, 0) is 25.0 Å². The summed E-state index contributed by atoms with van der Waals surface area (Å²) in [4.78, 5) is 29.5. The van der Waals surface area contributed by atoms with Crippen molar-refractivity contribution in [1.29, 1.82) is 0 Å². The molecule has 1 aromatic heterocycles. The van der Waals surface area contributed by atoms with Crippen LogP contribution < -0.4 is 16.0 Å². The molecule has 1 fully saturated rings. The molecule has 3 atom stereocenters. The highest BCUT2D eigenvalue weighted by Gasteiger charge is 2.43. The van der Waals surface area contributed by atoms with Gasteiger partial charge in [-0.15, -0.1) is 0 Å². The number of rotatable bonds is 5. The first kappa shape index (κ1) is 23.8. The summed E-state index contributed by atoms with van der Waals surface area (Å²) >= 11 is 0. The highest BCUT2D eigenvalue weighted by Crippen LogP contribution is 2.33. The quantitative estimate of drug-likeness (QED) is 0.586. The Hall–Kier alpha value is -3.96. The summed E-state index contributed by atoms with van der Waals surface area (Å²) in [5.74, 6) is -0.0546. The van der Waals surface area contributed by atoms with Crippen molar-refractivity contribution in [1.82, 2.24) is 30.2 Å². The summed E-state index contributed by atoms with van der Waals surface area (Å²) in [5.41, 5.74) is 1.79. The van der Waals surface area contributed by atoms with Gasteiger partial charge < -0.3 is 15.5 Å². The Labute approximate surface area is 205 Å². The molecule has 0 saturated carbocycles. The van der Waals surface area contributed by atoms with Crippen LogP contribution in [0.1, 0.15) is 18.9 Å². The monoisotopic (exact) mass is 501 g/mol. The van der Waals surface area contributed by atoms with Gasteiger partial charge in [0.1, 0.15) is 17.9 Å². The predicted molar refractivity (Wildman–Crippen MR) is 125 cm³/mol. The van der Waals surface area contributed by atoms with Gasteiger partial charge in [0.15, 0.2) is 5.82 Å². The predicted octanol–water partition coefficient (Wildman–Crippen LogP) is 2.62. The van der Waals surface area contributed by atoms with Crippen molar-refractivity contribution in [2.45, 2.75) is 44.2 Å². The Morgan fingerprint density at radius 2 is 2.00 bits per heavy atom. The van der Waals surface area contributed by atoms with Gasteiger partial charge >= 0.3 is 12.2 Å². The van der Waals surface area contributed by atoms with Crippen LogP contribution in [0.2, 0.25) is 0 Å². The maximum absolute atomic E-state index is 13.4. The zero-order valence-corrected chi connectivity index (χ0v) is 19.5. The van der Waals surface area contributed by atoms with E-state index in [9.17, 15) is 22.8 Å². The summed E-state index contributed by atoms with van der Waals surface area (Å²) in [5, 5.41) is 12.2. The molecule has 3 aliphatic rings. The molecule has 5 rings (SSSR count). The number of dihydropyridines is 1. The minimum absolute atomic E-state index is 0.146. The van der Waals surface area contributed by atoms with Crippen molar-refractivity contribution in [3.8, 4) is 0 Å². The number of carbonyl (C=O) groups is 2. The zero-order valence-electron chi connectivity index (χ0n) is 19.5. The van der Waals surface area contributed by atoms with Crippen LogP contribution in [-0.2, 0) is 11.3 Å². The number of allylic oxidation sites excluding steroid dienone is 1. The molecule has 2 bridgehead atoms. The van der Waals surface area contributed by atoms with E-state index in [1.807, 2.05) is 35.6 Å². The largest absolute Gasteiger partial charge is 0.408 e. The number of carbonyl (C=O) groups excluding carboxylic acids is 2. The van der Waals surface area contributed by atoms with Crippen LogP contribution in [0.4, 0.5) is 23.8 Å². The molecule has 0 aliphatic carbocycles. The Kier molecular flexibility index (Phi) is 6.10. The van der Waals surface area contributed by atoms with Crippen molar-refractivity contribution in [2.24, 2.45) is 0 Å². The number of aromatic nitrogens is 2. The molecule has 4 heterocycles. The molecule has 3 amide bonds. The van der Waals surface area contributed by atoms with Gasteiger partial charge in [-0.2, -0.15) is 18.3 Å². The number of nitrogens with zero attached hydrogens (tertiary/aromatic N) is 4. The second-order valence-corrected chi connectivity index (χ2v) is 9.06. The van der Waals surface area contributed by atoms with Gasteiger partial charge in [-0.1, -0.05) is 36.4 Å². The van der Waals surface area contributed by atoms with E-state index in [0.29, 0.717) is 24.7 Å². The van der Waals surface area contributed by atoms with Crippen LogP contribution in [0.3, 0.4) is 0 Å². The highest BCUT2D eigenvalue weighted by atomic mass is 19.4. The number of amides is 3. The first-order valence-electron chi connectivity index (χ1n) is 11.7. The fraction of sp³-hybridized carbons (Fsp3) is 0.375. The van der Waals surface area contributed by atoms with Crippen LogP contribution in [0, 0.1) is 0 Å². The molecule has 36 heavy (non-hydrogen) atoms. The lowest BCUT2D eigenvalue weighted by Gasteiger charge is -2.40. The SMILES string of the molecule is C[C@@H](NC(=O)C1C=CC2=C(N1)N(C(=O)Nc1ccn(Cc3ccccc3)n1)[C@H]1CCN2C1)C(F)(F)F. The molecule has 9 nitrogen and oxygen atoms in total. The van der Waals surface area contributed by atoms with E-state index in [1.165, 1.54) is 6.08 Å². The lowest BCUT2D eigenvalue weighted by atomic mass is 10.1. The summed E-state index contributed by atoms with van der Waals surface area (Å²) in [7, 11) is 0. The summed E-state index contributed by atoms with van der Waals surface area (Å²) in [6.45, 7) is 2.79. The average molecular weight is 502 g/mol. The Balaban J connectivity index is 1.30. The second-order valence-electron chi connectivity index (χ2n) is 9.06. The lowest BCUT2D eigenvalue weighted by molar-refractivity contribution is -0.158. The number of hydrogen-bond donors (Lipinski definition) is 3. The average Bonchev–Trinajstić information content (AvgIpc) is 3.46. The van der Waals surface area contributed by atoms with Gasteiger partial charge in [0, 0.05) is 25.4 Å². The lowest BCUT2D eigenvalue weighted by Crippen LogP contribution is -2.57. The molecule has 1 saturated heterocycles. The summed E-state index contributed by atoms with van der Waals surface area (Å²) in [6, 6.07) is 7.87. The number of fused-ring (bicyclic) bond motifs is 3. The third-order valence-corrected chi connectivity index (χ3v) is 6.51. The van der Waals surface area contributed by atoms with Crippen LogP contribution in [-0.4, -0.2) is 68.9 Å². The van der Waals surface area contributed by atoms with Gasteiger partial charge in [0.2, 0.25) is 5.91 Å². The van der Waals surface area contributed by atoms with Crippen molar-refractivity contribution in [3.63, 3.8) is 0 Å². The van der Waals surface area contributed by atoms with E-state index in [2.05, 4.69) is 20.6 Å². The highest BCUT2D eigenvalue weighted by molar-refractivity contribution is 5.91. The van der Waals surface area contributed by atoms with Gasteiger partial charge in [-0.25, -0.2) is 4.79 Å². The van der Waals surface area contributed by atoms with Crippen molar-refractivity contribution in [3.05, 3.63) is 71.8 Å². The molecule has 0 spiro atoms. The third kappa shape index (κ3) is 4.75. The molecule has 2 aromatic rings. The first-order chi connectivity index (χ1) is 17.2. The van der Waals surface area contributed by atoms with Gasteiger partial charge in [0.05, 0.1) is 18.3 Å². The zero-order chi connectivity index (χ0) is 25.4. The molecule has 1 unspecified atom stereocenters. The molecule has 12 heteroatoms. The Bertz CT molecular complexity index is 1210. The van der Waals surface area contributed by atoms with Crippen molar-refractivity contribution >= 4 is 17.8 Å². The number of anilines is 1. The number of nitrogens with one attached hydrogen (secondary N) is 3. The third-order valence-electron chi connectivity index (χ3n) is 6.51. The van der Waals surface area contributed by atoms with E-state index in [1.54, 1.807) is 27.9 Å². The summed E-state index contributed by atoms with van der Waals surface area (Å²) in [6.07, 6.45) is 1.14. The van der Waals surface area contributed by atoms with E-state index >= 15 is 0 Å². The number of hydrogen-bond acceptors (Lipinski definition) is 5. The molecule has 1 aromatic carbocycles. The first-order valence-corrected chi connectivity index (χ1v) is 11.7. The van der Waals surface area contributed by atoms with Crippen LogP contribution in [0.15, 0.2) is 66.3 Å². The fourth-order valence-electron chi connectivity index (χ4n) is 4.60. The number of halogens is 3. The molecule has 3 N–H and O–H groups in total. The summed E-state index contributed by atoms with van der Waals surface area (Å²) < 4.78 is 40.5. The smallest absolute Gasteiger partial charge is 0.366 e. The molecular weight excluding hydrogens is 475 g/mol. The van der Waals surface area contributed by atoms with Crippen LogP contribution >= 0.6 is 0 Å². The normalized spacial score (nSPS) is 21.7. The van der Waals surface area contributed by atoms with Crippen LogP contribution in [0.25, 0.3) is 0 Å². The topological polar surface area (TPSA) is 94.5 Å². The second kappa shape index (κ2) is 9.25. The number of benzene rings is 1. The minimum atomic E-state index is -4.55. The van der Waals surface area contributed by atoms with Gasteiger partial charge in [0.25, 0.3) is 0 Å². The maximum atomic E-state index is 13.4. The van der Waals surface area contributed by atoms with Gasteiger partial charge in [-0.3, -0.25) is 19.7 Å².